The summed E-state index contributed by atoms with van der Waals surface area (Å²) >= 11 is 0. The highest BCUT2D eigenvalue weighted by molar-refractivity contribution is 6.02. The molecule has 1 rings (SSSR count). The summed E-state index contributed by atoms with van der Waals surface area (Å²) in [5, 5.41) is 0. The minimum Gasteiger partial charge on any atom is -0.294 e. The zero-order valence-electron chi connectivity index (χ0n) is 6.83. The van der Waals surface area contributed by atoms with Crippen LogP contribution in [0.25, 0.3) is 0 Å². The smallest absolute Gasteiger partial charge is 0.234 e. The number of ketones is 1. The van der Waals surface area contributed by atoms with Crippen LogP contribution in [0.1, 0.15) is 29.3 Å². The molecule has 0 aliphatic heterocycles. The summed E-state index contributed by atoms with van der Waals surface area (Å²) in [6.45, 7) is 1.77. The van der Waals surface area contributed by atoms with E-state index in [2.05, 4.69) is 0 Å². The van der Waals surface area contributed by atoms with Gasteiger partial charge in [0.2, 0.25) is 6.29 Å². The molecule has 0 aliphatic carbocycles. The minimum absolute atomic E-state index is 0.0195. The summed E-state index contributed by atoms with van der Waals surface area (Å²) in [6, 6.07) is 6.69. The van der Waals surface area contributed by atoms with Crippen LogP contribution in [-0.2, 0) is 4.79 Å². The van der Waals surface area contributed by atoms with Crippen LogP contribution < -0.4 is 0 Å². The lowest BCUT2D eigenvalue weighted by molar-refractivity contribution is 0.0988. The third-order valence-electron chi connectivity index (χ3n) is 1.66. The molecule has 12 heavy (non-hydrogen) atoms. The highest BCUT2D eigenvalue weighted by Gasteiger charge is 2.07. The molecule has 0 fully saturated rings. The molecule has 2 nitrogen and oxygen atoms in total. The molecule has 1 aromatic carbocycles. The summed E-state index contributed by atoms with van der Waals surface area (Å²) in [6.07, 6.45) is 2.16. The molecule has 1 aromatic rings. The van der Waals surface area contributed by atoms with Crippen molar-refractivity contribution in [2.75, 3.05) is 0 Å². The largest absolute Gasteiger partial charge is 0.294 e. The number of benzene rings is 1. The molecule has 0 unspecified atom stereocenters. The summed E-state index contributed by atoms with van der Waals surface area (Å²) in [4.78, 5) is 21.6. The molecule has 0 aliphatic rings. The Morgan fingerprint density at radius 2 is 2.08 bits per heavy atom. The van der Waals surface area contributed by atoms with E-state index >= 15 is 0 Å². The van der Waals surface area contributed by atoms with Crippen molar-refractivity contribution in [3.8, 4) is 0 Å². The SMILES string of the molecule is CCC(=O)c1ccccc1[C]=O. The van der Waals surface area contributed by atoms with E-state index in [1.807, 2.05) is 0 Å². The van der Waals surface area contributed by atoms with Crippen LogP contribution in [0, 0.1) is 0 Å². The monoisotopic (exact) mass is 161 g/mol. The Balaban J connectivity index is 3.13. The van der Waals surface area contributed by atoms with Gasteiger partial charge >= 0.3 is 0 Å². The topological polar surface area (TPSA) is 34.1 Å². The van der Waals surface area contributed by atoms with Crippen LogP contribution in [-0.4, -0.2) is 12.1 Å². The fourth-order valence-electron chi connectivity index (χ4n) is 1.01. The Labute approximate surface area is 71.2 Å². The maximum Gasteiger partial charge on any atom is 0.234 e. The van der Waals surface area contributed by atoms with E-state index in [1.165, 1.54) is 0 Å². The van der Waals surface area contributed by atoms with Crippen LogP contribution in [0.15, 0.2) is 24.3 Å². The molecule has 61 valence electrons. The summed E-state index contributed by atoms with van der Waals surface area (Å²) in [7, 11) is 0. The van der Waals surface area contributed by atoms with Gasteiger partial charge in [-0.3, -0.25) is 9.59 Å². The van der Waals surface area contributed by atoms with Crippen molar-refractivity contribution in [1.29, 1.82) is 0 Å². The lowest BCUT2D eigenvalue weighted by Crippen LogP contribution is -2.00. The molecule has 0 bridgehead atoms. The average molecular weight is 161 g/mol. The predicted molar refractivity (Wildman–Crippen MR) is 45.9 cm³/mol. The van der Waals surface area contributed by atoms with Crippen molar-refractivity contribution < 1.29 is 9.59 Å². The van der Waals surface area contributed by atoms with Gasteiger partial charge in [0.15, 0.2) is 5.78 Å². The molecule has 0 amide bonds. The van der Waals surface area contributed by atoms with Crippen molar-refractivity contribution in [1.82, 2.24) is 0 Å². The van der Waals surface area contributed by atoms with E-state index in [0.29, 0.717) is 17.5 Å². The van der Waals surface area contributed by atoms with E-state index in [9.17, 15) is 9.59 Å². The van der Waals surface area contributed by atoms with Gasteiger partial charge in [-0.15, -0.1) is 0 Å². The minimum atomic E-state index is -0.0195. The van der Waals surface area contributed by atoms with Crippen LogP contribution in [0.2, 0.25) is 0 Å². The number of hydrogen-bond acceptors (Lipinski definition) is 2. The maximum absolute atomic E-state index is 11.2. The first kappa shape index (κ1) is 8.65. The Morgan fingerprint density at radius 3 is 2.67 bits per heavy atom. The number of carbonyl (C=O) groups excluding carboxylic acids is 2. The fourth-order valence-corrected chi connectivity index (χ4v) is 1.01. The molecule has 2 heteroatoms. The second-order valence-corrected chi connectivity index (χ2v) is 2.42. The highest BCUT2D eigenvalue weighted by Crippen LogP contribution is 2.08. The Bertz CT molecular complexity index is 302. The maximum atomic E-state index is 11.2. The molecular weight excluding hydrogens is 152 g/mol. The van der Waals surface area contributed by atoms with Gasteiger partial charge in [-0.2, -0.15) is 0 Å². The molecule has 0 aromatic heterocycles. The Morgan fingerprint density at radius 1 is 1.42 bits per heavy atom. The number of carbonyl (C=O) groups is 1. The highest BCUT2D eigenvalue weighted by atomic mass is 16.1. The first-order chi connectivity index (χ1) is 5.79. The van der Waals surface area contributed by atoms with E-state index in [1.54, 1.807) is 37.5 Å². The van der Waals surface area contributed by atoms with E-state index in [4.69, 9.17) is 0 Å². The Kier molecular flexibility index (Phi) is 2.75. The van der Waals surface area contributed by atoms with Crippen LogP contribution in [0.5, 0.6) is 0 Å². The van der Waals surface area contributed by atoms with Crippen molar-refractivity contribution in [2.24, 2.45) is 0 Å². The normalized spacial score (nSPS) is 9.42. The number of rotatable bonds is 3. The summed E-state index contributed by atoms with van der Waals surface area (Å²) in [5.74, 6) is -0.0195. The molecule has 1 radical (unpaired) electrons. The molecule has 0 heterocycles. The van der Waals surface area contributed by atoms with Gasteiger partial charge in [0.25, 0.3) is 0 Å². The molecule has 0 saturated carbocycles. The standard InChI is InChI=1S/C10H9O2/c1-2-10(12)9-6-4-3-5-8(9)7-11/h3-6H,2H2,1H3. The Hall–Kier alpha value is -1.44. The third kappa shape index (κ3) is 1.59. The van der Waals surface area contributed by atoms with Crippen molar-refractivity contribution in [2.45, 2.75) is 13.3 Å². The van der Waals surface area contributed by atoms with Gasteiger partial charge in [0.1, 0.15) is 0 Å². The molecule has 0 saturated heterocycles. The van der Waals surface area contributed by atoms with Crippen LogP contribution >= 0.6 is 0 Å². The van der Waals surface area contributed by atoms with Gasteiger partial charge in [0, 0.05) is 17.5 Å². The molecule has 0 atom stereocenters. The molecular formula is C10H9O2. The lowest BCUT2D eigenvalue weighted by atomic mass is 10.0. The van der Waals surface area contributed by atoms with E-state index in [-0.39, 0.29) is 5.78 Å². The van der Waals surface area contributed by atoms with Gasteiger partial charge in [-0.05, 0) is 0 Å². The first-order valence-corrected chi connectivity index (χ1v) is 3.80. The van der Waals surface area contributed by atoms with Gasteiger partial charge in [-0.25, -0.2) is 0 Å². The second kappa shape index (κ2) is 3.81. The van der Waals surface area contributed by atoms with E-state index < -0.39 is 0 Å². The van der Waals surface area contributed by atoms with Crippen molar-refractivity contribution in [3.05, 3.63) is 35.4 Å². The third-order valence-corrected chi connectivity index (χ3v) is 1.66. The van der Waals surface area contributed by atoms with Crippen LogP contribution in [0.4, 0.5) is 0 Å². The number of hydrogen-bond donors (Lipinski definition) is 0. The zero-order chi connectivity index (χ0) is 8.97. The zero-order valence-corrected chi connectivity index (χ0v) is 6.83. The first-order valence-electron chi connectivity index (χ1n) is 3.80. The van der Waals surface area contributed by atoms with Crippen LogP contribution in [0.3, 0.4) is 0 Å². The average Bonchev–Trinajstić information content (AvgIpc) is 2.16. The fraction of sp³-hybridized carbons (Fsp3) is 0.200. The summed E-state index contributed by atoms with van der Waals surface area (Å²) in [5.41, 5.74) is 0.819. The second-order valence-electron chi connectivity index (χ2n) is 2.42. The summed E-state index contributed by atoms with van der Waals surface area (Å²) < 4.78 is 0. The molecule has 0 spiro atoms. The quantitative estimate of drug-likeness (QED) is 0.633. The van der Waals surface area contributed by atoms with E-state index in [0.717, 1.165) is 0 Å². The predicted octanol–water partition coefficient (Wildman–Crippen LogP) is 1.74. The van der Waals surface area contributed by atoms with Crippen molar-refractivity contribution in [3.63, 3.8) is 0 Å². The van der Waals surface area contributed by atoms with Crippen molar-refractivity contribution >= 4 is 12.1 Å². The lowest BCUT2D eigenvalue weighted by Gasteiger charge is -1.98. The van der Waals surface area contributed by atoms with Gasteiger partial charge in [0.05, 0.1) is 0 Å². The van der Waals surface area contributed by atoms with Gasteiger partial charge < -0.3 is 0 Å². The van der Waals surface area contributed by atoms with Gasteiger partial charge in [-0.1, -0.05) is 31.2 Å². The number of Topliss-reactive ketones (excluding diaryl/α,β-unsaturated/α-hetero) is 1. The molecule has 0 N–H and O–H groups in total.